The minimum atomic E-state index is -4.68. The van der Waals surface area contributed by atoms with E-state index in [0.717, 1.165) is 4.68 Å². The van der Waals surface area contributed by atoms with Gasteiger partial charge in [-0.15, -0.1) is 0 Å². The SMILES string of the molecule is Cc1nn(C)cc1NC(=O)[C@@H](C)n1nc(C(F)(F)F)c(Cl)c1C. The summed E-state index contributed by atoms with van der Waals surface area (Å²) in [6.07, 6.45) is -3.08. The zero-order valence-electron chi connectivity index (χ0n) is 12.9. The van der Waals surface area contributed by atoms with E-state index in [-0.39, 0.29) is 5.69 Å². The van der Waals surface area contributed by atoms with Gasteiger partial charge in [0.05, 0.1) is 22.1 Å². The molecule has 0 aliphatic carbocycles. The van der Waals surface area contributed by atoms with Crippen LogP contribution in [0.1, 0.15) is 30.0 Å². The van der Waals surface area contributed by atoms with Crippen molar-refractivity contribution in [3.05, 3.63) is 28.3 Å². The van der Waals surface area contributed by atoms with Gasteiger partial charge in [-0.25, -0.2) is 0 Å². The molecule has 2 heterocycles. The van der Waals surface area contributed by atoms with Crippen LogP contribution in [0.2, 0.25) is 5.02 Å². The number of nitrogens with zero attached hydrogens (tertiary/aromatic N) is 4. The molecule has 1 N–H and O–H groups in total. The molecular weight excluding hydrogens is 335 g/mol. The molecule has 23 heavy (non-hydrogen) atoms. The van der Waals surface area contributed by atoms with Gasteiger partial charge >= 0.3 is 6.18 Å². The molecule has 0 aliphatic heterocycles. The number of rotatable bonds is 3. The van der Waals surface area contributed by atoms with Crippen molar-refractivity contribution in [2.75, 3.05) is 5.32 Å². The predicted octanol–water partition coefficient (Wildman–Crippen LogP) is 3.11. The molecule has 126 valence electrons. The summed E-state index contributed by atoms with van der Waals surface area (Å²) in [4.78, 5) is 12.3. The highest BCUT2D eigenvalue weighted by Gasteiger charge is 2.39. The molecule has 0 saturated carbocycles. The predicted molar refractivity (Wildman–Crippen MR) is 78.3 cm³/mol. The standard InChI is InChI=1S/C13H15ClF3N5O/c1-6-9(5-21(4)19-6)18-12(23)8(3)22-7(2)10(14)11(20-22)13(15,16)17/h5,8H,1-4H3,(H,18,23)/t8-/m1/s1. The summed E-state index contributed by atoms with van der Waals surface area (Å²) in [6.45, 7) is 4.53. The molecule has 2 aromatic heterocycles. The van der Waals surface area contributed by atoms with Crippen LogP contribution in [0.15, 0.2) is 6.20 Å². The Kier molecular flexibility index (Phi) is 4.43. The number of nitrogens with one attached hydrogen (secondary N) is 1. The third kappa shape index (κ3) is 3.34. The molecule has 0 spiro atoms. The highest BCUT2D eigenvalue weighted by atomic mass is 35.5. The molecule has 1 amide bonds. The van der Waals surface area contributed by atoms with E-state index in [9.17, 15) is 18.0 Å². The van der Waals surface area contributed by atoms with E-state index in [2.05, 4.69) is 15.5 Å². The highest BCUT2D eigenvalue weighted by molar-refractivity contribution is 6.32. The van der Waals surface area contributed by atoms with Gasteiger partial charge in [0.1, 0.15) is 6.04 Å². The van der Waals surface area contributed by atoms with E-state index in [1.54, 1.807) is 20.2 Å². The first-order valence-corrected chi connectivity index (χ1v) is 7.03. The minimum absolute atomic E-state index is 0.0737. The lowest BCUT2D eigenvalue weighted by Crippen LogP contribution is -2.25. The molecule has 6 nitrogen and oxygen atoms in total. The van der Waals surface area contributed by atoms with Crippen molar-refractivity contribution in [1.82, 2.24) is 19.6 Å². The van der Waals surface area contributed by atoms with Crippen LogP contribution in [-0.2, 0) is 18.0 Å². The molecule has 0 radical (unpaired) electrons. The fraction of sp³-hybridized carbons (Fsp3) is 0.462. The van der Waals surface area contributed by atoms with Gasteiger partial charge in [-0.05, 0) is 20.8 Å². The van der Waals surface area contributed by atoms with Gasteiger partial charge < -0.3 is 5.32 Å². The van der Waals surface area contributed by atoms with Gasteiger partial charge in [0, 0.05) is 13.2 Å². The van der Waals surface area contributed by atoms with E-state index in [1.165, 1.54) is 18.5 Å². The summed E-state index contributed by atoms with van der Waals surface area (Å²) in [5, 5.41) is 9.63. The molecule has 0 aromatic carbocycles. The molecule has 2 aromatic rings. The van der Waals surface area contributed by atoms with Crippen LogP contribution in [0, 0.1) is 13.8 Å². The molecule has 0 fully saturated rings. The quantitative estimate of drug-likeness (QED) is 0.926. The van der Waals surface area contributed by atoms with Crippen LogP contribution in [-0.4, -0.2) is 25.5 Å². The normalized spacial score (nSPS) is 13.2. The summed E-state index contributed by atoms with van der Waals surface area (Å²) in [5.41, 5.74) is -0.0472. The van der Waals surface area contributed by atoms with Gasteiger partial charge in [-0.2, -0.15) is 23.4 Å². The van der Waals surface area contributed by atoms with E-state index >= 15 is 0 Å². The zero-order chi connectivity index (χ0) is 17.5. The maximum atomic E-state index is 12.8. The van der Waals surface area contributed by atoms with Crippen molar-refractivity contribution in [2.45, 2.75) is 33.0 Å². The van der Waals surface area contributed by atoms with Crippen LogP contribution in [0.4, 0.5) is 18.9 Å². The number of aryl methyl sites for hydroxylation is 2. The number of carbonyl (C=O) groups excluding carboxylic acids is 1. The Morgan fingerprint density at radius 2 is 1.96 bits per heavy atom. The number of hydrogen-bond acceptors (Lipinski definition) is 3. The largest absolute Gasteiger partial charge is 0.436 e. The minimum Gasteiger partial charge on any atom is -0.321 e. The van der Waals surface area contributed by atoms with E-state index < -0.39 is 28.8 Å². The first-order chi connectivity index (χ1) is 10.5. The third-order valence-electron chi connectivity index (χ3n) is 3.36. The highest BCUT2D eigenvalue weighted by Crippen LogP contribution is 2.36. The van der Waals surface area contributed by atoms with Crippen molar-refractivity contribution in [3.8, 4) is 0 Å². The van der Waals surface area contributed by atoms with Gasteiger partial charge in [0.25, 0.3) is 0 Å². The summed E-state index contributed by atoms with van der Waals surface area (Å²) in [6, 6.07) is -0.969. The zero-order valence-corrected chi connectivity index (χ0v) is 13.6. The lowest BCUT2D eigenvalue weighted by Gasteiger charge is -2.14. The summed E-state index contributed by atoms with van der Waals surface area (Å²) in [5.74, 6) is -0.517. The van der Waals surface area contributed by atoms with E-state index in [4.69, 9.17) is 11.6 Å². The van der Waals surface area contributed by atoms with Crippen molar-refractivity contribution in [1.29, 1.82) is 0 Å². The van der Waals surface area contributed by atoms with E-state index in [1.807, 2.05) is 0 Å². The maximum Gasteiger partial charge on any atom is 0.436 e. The van der Waals surface area contributed by atoms with Gasteiger partial charge in [-0.1, -0.05) is 11.6 Å². The molecule has 0 unspecified atom stereocenters. The topological polar surface area (TPSA) is 64.7 Å². The second-order valence-corrected chi connectivity index (χ2v) is 5.54. The number of aromatic nitrogens is 4. The number of amides is 1. The summed E-state index contributed by atoms with van der Waals surface area (Å²) < 4.78 is 41.0. The smallest absolute Gasteiger partial charge is 0.321 e. The third-order valence-corrected chi connectivity index (χ3v) is 3.82. The Hall–Kier alpha value is -2.03. The van der Waals surface area contributed by atoms with Crippen molar-refractivity contribution < 1.29 is 18.0 Å². The van der Waals surface area contributed by atoms with Crippen molar-refractivity contribution in [2.24, 2.45) is 7.05 Å². The first kappa shape index (κ1) is 17.3. The van der Waals surface area contributed by atoms with Gasteiger partial charge in [0.15, 0.2) is 5.69 Å². The number of anilines is 1. The summed E-state index contributed by atoms with van der Waals surface area (Å²) >= 11 is 5.69. The maximum absolute atomic E-state index is 12.8. The number of hydrogen-bond donors (Lipinski definition) is 1. The van der Waals surface area contributed by atoms with Crippen molar-refractivity contribution in [3.63, 3.8) is 0 Å². The molecule has 10 heteroatoms. The van der Waals surface area contributed by atoms with Crippen LogP contribution < -0.4 is 5.32 Å². The van der Waals surface area contributed by atoms with E-state index in [0.29, 0.717) is 11.4 Å². The fourth-order valence-corrected chi connectivity index (χ4v) is 2.36. The summed E-state index contributed by atoms with van der Waals surface area (Å²) in [7, 11) is 1.69. The number of alkyl halides is 3. The molecule has 0 bridgehead atoms. The second-order valence-electron chi connectivity index (χ2n) is 5.16. The Labute approximate surface area is 135 Å². The average Bonchev–Trinajstić information content (AvgIpc) is 2.89. The number of halogens is 4. The Bertz CT molecular complexity index is 750. The Morgan fingerprint density at radius 3 is 2.39 bits per heavy atom. The molecule has 0 aliphatic rings. The van der Waals surface area contributed by atoms with Crippen LogP contribution in [0.25, 0.3) is 0 Å². The molecular formula is C13H15ClF3N5O. The van der Waals surface area contributed by atoms with Gasteiger partial charge in [-0.3, -0.25) is 14.2 Å². The lowest BCUT2D eigenvalue weighted by molar-refractivity contribution is -0.141. The monoisotopic (exact) mass is 349 g/mol. The van der Waals surface area contributed by atoms with Gasteiger partial charge in [0.2, 0.25) is 5.91 Å². The second kappa shape index (κ2) is 5.88. The fourth-order valence-electron chi connectivity index (χ4n) is 2.13. The Morgan fingerprint density at radius 1 is 1.35 bits per heavy atom. The van der Waals surface area contributed by atoms with Crippen LogP contribution >= 0.6 is 11.6 Å². The Balaban J connectivity index is 2.28. The average molecular weight is 350 g/mol. The molecule has 2 rings (SSSR count). The molecule has 0 saturated heterocycles. The first-order valence-electron chi connectivity index (χ1n) is 6.65. The lowest BCUT2D eigenvalue weighted by atomic mass is 10.3. The number of carbonyl (C=O) groups is 1. The van der Waals surface area contributed by atoms with Crippen LogP contribution in [0.3, 0.4) is 0 Å². The van der Waals surface area contributed by atoms with Crippen molar-refractivity contribution >= 4 is 23.2 Å². The molecule has 1 atom stereocenters. The van der Waals surface area contributed by atoms with Crippen LogP contribution in [0.5, 0.6) is 0 Å².